The molecule has 1 aliphatic carbocycles. The van der Waals surface area contributed by atoms with E-state index in [-0.39, 0.29) is 34.7 Å². The molecule has 0 bridgehead atoms. The summed E-state index contributed by atoms with van der Waals surface area (Å²) in [7, 11) is 0. The number of likely N-dealkylation sites (tertiary alicyclic amines) is 1. The monoisotopic (exact) mass is 484 g/mol. The smallest absolute Gasteiger partial charge is 0.408 e. The van der Waals surface area contributed by atoms with Crippen LogP contribution in [0.3, 0.4) is 0 Å². The van der Waals surface area contributed by atoms with Crippen LogP contribution in [0.4, 0.5) is 4.79 Å². The number of benzene rings is 1. The molecule has 3 amide bonds. The molecule has 0 radical (unpaired) electrons. The molecule has 188 valence electrons. The van der Waals surface area contributed by atoms with E-state index in [9.17, 15) is 19.5 Å². The first kappa shape index (κ1) is 24.5. The van der Waals surface area contributed by atoms with Crippen LogP contribution in [0.25, 0.3) is 0 Å². The van der Waals surface area contributed by atoms with Gasteiger partial charge in [-0.05, 0) is 57.2 Å². The quantitative estimate of drug-likeness (QED) is 0.491. The Morgan fingerprint density at radius 1 is 1.29 bits per heavy atom. The maximum absolute atomic E-state index is 13.7. The zero-order chi connectivity index (χ0) is 25.2. The number of rotatable bonds is 6. The fourth-order valence-corrected chi connectivity index (χ4v) is 5.09. The number of carbonyl (C=O) groups is 3. The number of phenols is 1. The minimum atomic E-state index is -0.967. The van der Waals surface area contributed by atoms with Crippen molar-refractivity contribution in [3.8, 4) is 5.75 Å². The molecule has 4 rings (SSSR count). The SMILES string of the molecule is CC(C)(C)OC(=O)NC(C(=O)N1C[C@@H]2CCC[C@]2(CNC(=O)c2ncn[nH]2)C1)c1ccc(O)cc1. The van der Waals surface area contributed by atoms with Crippen molar-refractivity contribution < 1.29 is 24.2 Å². The molecule has 1 saturated carbocycles. The number of hydrogen-bond donors (Lipinski definition) is 4. The second-order valence-electron chi connectivity index (χ2n) is 10.4. The molecular weight excluding hydrogens is 452 g/mol. The van der Waals surface area contributed by atoms with Crippen LogP contribution >= 0.6 is 0 Å². The molecule has 1 aliphatic heterocycles. The lowest BCUT2D eigenvalue weighted by Gasteiger charge is -2.30. The average molecular weight is 485 g/mol. The van der Waals surface area contributed by atoms with Crippen molar-refractivity contribution in [2.24, 2.45) is 11.3 Å². The second-order valence-corrected chi connectivity index (χ2v) is 10.4. The summed E-state index contributed by atoms with van der Waals surface area (Å²) in [6, 6.07) is 5.21. The number of H-pyrrole nitrogens is 1. The summed E-state index contributed by atoms with van der Waals surface area (Å²) < 4.78 is 5.39. The van der Waals surface area contributed by atoms with Gasteiger partial charge in [0.15, 0.2) is 0 Å². The van der Waals surface area contributed by atoms with Gasteiger partial charge in [0.1, 0.15) is 23.7 Å². The largest absolute Gasteiger partial charge is 0.508 e. The Hall–Kier alpha value is -3.63. The normalized spacial score (nSPS) is 22.4. The summed E-state index contributed by atoms with van der Waals surface area (Å²) in [5.74, 6) is -0.133. The van der Waals surface area contributed by atoms with Gasteiger partial charge in [-0.3, -0.25) is 14.7 Å². The molecule has 2 heterocycles. The second kappa shape index (κ2) is 9.55. The van der Waals surface area contributed by atoms with Crippen LogP contribution in [0.2, 0.25) is 0 Å². The van der Waals surface area contributed by atoms with Gasteiger partial charge in [-0.2, -0.15) is 5.10 Å². The van der Waals surface area contributed by atoms with Crippen molar-refractivity contribution in [2.75, 3.05) is 19.6 Å². The first-order valence-electron chi connectivity index (χ1n) is 11.8. The topological polar surface area (TPSA) is 150 Å². The van der Waals surface area contributed by atoms with Crippen LogP contribution in [-0.4, -0.2) is 68.3 Å². The van der Waals surface area contributed by atoms with Crippen LogP contribution < -0.4 is 10.6 Å². The molecule has 2 fully saturated rings. The van der Waals surface area contributed by atoms with E-state index in [0.29, 0.717) is 25.2 Å². The van der Waals surface area contributed by atoms with E-state index in [1.165, 1.54) is 18.5 Å². The molecule has 11 heteroatoms. The van der Waals surface area contributed by atoms with Crippen molar-refractivity contribution in [3.63, 3.8) is 0 Å². The van der Waals surface area contributed by atoms with Gasteiger partial charge in [0.2, 0.25) is 11.7 Å². The van der Waals surface area contributed by atoms with Crippen LogP contribution in [0.15, 0.2) is 30.6 Å². The fraction of sp³-hybridized carbons (Fsp3) is 0.542. The van der Waals surface area contributed by atoms with Gasteiger partial charge in [-0.1, -0.05) is 18.6 Å². The van der Waals surface area contributed by atoms with Crippen molar-refractivity contribution in [3.05, 3.63) is 42.0 Å². The first-order chi connectivity index (χ1) is 16.6. The molecule has 4 N–H and O–H groups in total. The number of nitrogens with one attached hydrogen (secondary N) is 3. The zero-order valence-corrected chi connectivity index (χ0v) is 20.2. The van der Waals surface area contributed by atoms with E-state index in [4.69, 9.17) is 4.74 Å². The van der Waals surface area contributed by atoms with Gasteiger partial charge >= 0.3 is 6.09 Å². The number of aromatic hydroxyl groups is 1. The Bertz CT molecular complexity index is 1070. The van der Waals surface area contributed by atoms with Crippen molar-refractivity contribution in [1.82, 2.24) is 30.7 Å². The number of nitrogens with zero attached hydrogens (tertiary/aromatic N) is 3. The van der Waals surface area contributed by atoms with E-state index in [0.717, 1.165) is 19.3 Å². The van der Waals surface area contributed by atoms with Crippen molar-refractivity contribution >= 4 is 17.9 Å². The third-order valence-corrected chi connectivity index (χ3v) is 6.72. The Balaban J connectivity index is 1.50. The number of phenolic OH excluding ortho intramolecular Hbond substituents is 1. The lowest BCUT2D eigenvalue weighted by molar-refractivity contribution is -0.133. The molecule has 1 aromatic heterocycles. The predicted octanol–water partition coefficient (Wildman–Crippen LogP) is 2.13. The number of aromatic nitrogens is 3. The summed E-state index contributed by atoms with van der Waals surface area (Å²) in [4.78, 5) is 44.3. The highest BCUT2D eigenvalue weighted by Gasteiger charge is 2.51. The van der Waals surface area contributed by atoms with Crippen molar-refractivity contribution in [2.45, 2.75) is 51.7 Å². The number of aromatic amines is 1. The highest BCUT2D eigenvalue weighted by molar-refractivity contribution is 5.90. The van der Waals surface area contributed by atoms with E-state index >= 15 is 0 Å². The zero-order valence-electron chi connectivity index (χ0n) is 20.2. The third-order valence-electron chi connectivity index (χ3n) is 6.72. The molecule has 1 saturated heterocycles. The van der Waals surface area contributed by atoms with E-state index < -0.39 is 17.7 Å². The fourth-order valence-electron chi connectivity index (χ4n) is 5.09. The Morgan fingerprint density at radius 3 is 2.69 bits per heavy atom. The average Bonchev–Trinajstić information content (AvgIpc) is 3.51. The molecule has 0 spiro atoms. The highest BCUT2D eigenvalue weighted by atomic mass is 16.6. The van der Waals surface area contributed by atoms with Crippen LogP contribution in [-0.2, 0) is 9.53 Å². The number of hydrogen-bond acceptors (Lipinski definition) is 7. The molecule has 1 unspecified atom stereocenters. The van der Waals surface area contributed by atoms with Crippen molar-refractivity contribution in [1.29, 1.82) is 0 Å². The van der Waals surface area contributed by atoms with Gasteiger partial charge in [0, 0.05) is 25.0 Å². The predicted molar refractivity (Wildman–Crippen MR) is 125 cm³/mol. The maximum atomic E-state index is 13.7. The minimum Gasteiger partial charge on any atom is -0.508 e. The van der Waals surface area contributed by atoms with Gasteiger partial charge < -0.3 is 25.4 Å². The number of amides is 3. The summed E-state index contributed by atoms with van der Waals surface area (Å²) in [5, 5.41) is 21.6. The van der Waals surface area contributed by atoms with Crippen LogP contribution in [0.5, 0.6) is 5.75 Å². The summed E-state index contributed by atoms with van der Waals surface area (Å²) in [6.07, 6.45) is 3.47. The summed E-state index contributed by atoms with van der Waals surface area (Å²) >= 11 is 0. The van der Waals surface area contributed by atoms with Gasteiger partial charge in [-0.25, -0.2) is 9.78 Å². The third kappa shape index (κ3) is 5.55. The van der Waals surface area contributed by atoms with E-state index in [1.54, 1.807) is 37.8 Å². The van der Waals surface area contributed by atoms with Gasteiger partial charge in [0.25, 0.3) is 5.91 Å². The standard InChI is InChI=1S/C24H32N6O5/c1-23(2,3)35-22(34)28-18(15-6-8-17(31)9-7-15)21(33)30-11-16-5-4-10-24(16,13-30)12-25-20(32)19-26-14-27-29-19/h6-9,14,16,18,31H,4-5,10-13H2,1-3H3,(H,25,32)(H,28,34)(H,26,27,29)/t16-,18?,24-/m0/s1. The molecule has 11 nitrogen and oxygen atoms in total. The first-order valence-corrected chi connectivity index (χ1v) is 11.8. The van der Waals surface area contributed by atoms with Gasteiger partial charge in [-0.15, -0.1) is 0 Å². The number of ether oxygens (including phenoxy) is 1. The summed E-state index contributed by atoms with van der Waals surface area (Å²) in [5.41, 5.74) is -0.414. The number of alkyl carbamates (subject to hydrolysis) is 1. The van der Waals surface area contributed by atoms with Crippen LogP contribution in [0, 0.1) is 11.3 Å². The molecule has 1 aromatic carbocycles. The lowest BCUT2D eigenvalue weighted by atomic mass is 9.80. The minimum absolute atomic E-state index is 0.0642. The molecule has 35 heavy (non-hydrogen) atoms. The maximum Gasteiger partial charge on any atom is 0.408 e. The lowest BCUT2D eigenvalue weighted by Crippen LogP contribution is -2.45. The Kier molecular flexibility index (Phi) is 6.68. The Labute approximate surface area is 203 Å². The summed E-state index contributed by atoms with van der Waals surface area (Å²) in [6.45, 7) is 6.69. The highest BCUT2D eigenvalue weighted by Crippen LogP contribution is 2.48. The number of fused-ring (bicyclic) bond motifs is 1. The van der Waals surface area contributed by atoms with Gasteiger partial charge in [0.05, 0.1) is 0 Å². The molecule has 2 aliphatic rings. The number of carbonyl (C=O) groups excluding carboxylic acids is 3. The molecule has 2 aromatic rings. The van der Waals surface area contributed by atoms with Crippen LogP contribution in [0.1, 0.15) is 62.3 Å². The van der Waals surface area contributed by atoms with E-state index in [2.05, 4.69) is 25.8 Å². The molecule has 3 atom stereocenters. The Morgan fingerprint density at radius 2 is 2.03 bits per heavy atom. The molecular formula is C24H32N6O5. The van der Waals surface area contributed by atoms with E-state index in [1.807, 2.05) is 0 Å².